The van der Waals surface area contributed by atoms with Gasteiger partial charge in [-0.15, -0.1) is 0 Å². The van der Waals surface area contributed by atoms with Gasteiger partial charge < -0.3 is 20.4 Å². The van der Waals surface area contributed by atoms with E-state index in [0.717, 1.165) is 0 Å². The van der Waals surface area contributed by atoms with Crippen molar-refractivity contribution in [1.29, 1.82) is 0 Å². The van der Waals surface area contributed by atoms with Crippen LogP contribution in [0.4, 0.5) is 0 Å². The lowest BCUT2D eigenvalue weighted by Crippen LogP contribution is -2.57. The third-order valence-corrected chi connectivity index (χ3v) is 3.84. The molecule has 6 heteroatoms. The van der Waals surface area contributed by atoms with Crippen molar-refractivity contribution in [3.05, 3.63) is 0 Å². The lowest BCUT2D eigenvalue weighted by molar-refractivity contribution is -0.151. The zero-order valence-corrected chi connectivity index (χ0v) is 9.02. The summed E-state index contributed by atoms with van der Waals surface area (Å²) in [5.74, 6) is -1.59. The highest BCUT2D eigenvalue weighted by atomic mass is 16.4. The summed E-state index contributed by atoms with van der Waals surface area (Å²) in [6.45, 7) is 1.97. The highest BCUT2D eigenvalue weighted by molar-refractivity contribution is 5.71. The van der Waals surface area contributed by atoms with Crippen molar-refractivity contribution in [1.82, 2.24) is 4.90 Å². The quantitative estimate of drug-likeness (QED) is 0.427. The molecule has 92 valence electrons. The number of nitrogens with zero attached hydrogens (tertiary/aromatic N) is 1. The van der Waals surface area contributed by atoms with Gasteiger partial charge in [0.15, 0.2) is 0 Å². The van der Waals surface area contributed by atoms with E-state index >= 15 is 0 Å². The van der Waals surface area contributed by atoms with Crippen molar-refractivity contribution in [2.75, 3.05) is 6.54 Å². The van der Waals surface area contributed by atoms with Crippen LogP contribution in [0.5, 0.6) is 0 Å². The minimum atomic E-state index is -0.993. The fourth-order valence-corrected chi connectivity index (χ4v) is 2.89. The number of carboxylic acid groups (broad SMARTS) is 1. The zero-order chi connectivity index (χ0) is 12.0. The second kappa shape index (κ2) is 3.96. The largest absolute Gasteiger partial charge is 0.481 e. The molecule has 0 bridgehead atoms. The maximum Gasteiger partial charge on any atom is 0.308 e. The molecule has 0 saturated carbocycles. The summed E-state index contributed by atoms with van der Waals surface area (Å²) in [4.78, 5) is 12.7. The molecule has 2 rings (SSSR count). The lowest BCUT2D eigenvalue weighted by atomic mass is 9.84. The van der Waals surface area contributed by atoms with Gasteiger partial charge >= 0.3 is 5.97 Å². The third-order valence-electron chi connectivity index (χ3n) is 3.84. The van der Waals surface area contributed by atoms with Crippen LogP contribution in [0.15, 0.2) is 0 Å². The number of carbonyl (C=O) groups is 1. The van der Waals surface area contributed by atoms with Crippen LogP contribution in [-0.4, -0.2) is 68.2 Å². The smallest absolute Gasteiger partial charge is 0.308 e. The molecule has 0 amide bonds. The maximum absolute atomic E-state index is 11.0. The lowest BCUT2D eigenvalue weighted by Gasteiger charge is -2.42. The number of hydrogen-bond acceptors (Lipinski definition) is 5. The number of aliphatic carboxylic acids is 1. The summed E-state index contributed by atoms with van der Waals surface area (Å²) in [6, 6.07) is -0.821. The van der Waals surface area contributed by atoms with E-state index in [2.05, 4.69) is 0 Å². The molecule has 6 nitrogen and oxygen atoms in total. The van der Waals surface area contributed by atoms with E-state index in [1.165, 1.54) is 0 Å². The Bertz CT molecular complexity index is 297. The molecule has 0 radical (unpaired) electrons. The van der Waals surface area contributed by atoms with Gasteiger partial charge in [0, 0.05) is 12.6 Å². The van der Waals surface area contributed by atoms with Crippen molar-refractivity contribution in [3.63, 3.8) is 0 Å². The molecule has 6 atom stereocenters. The standard InChI is InChI=1S/C10H17NO5/c1-4-5(10(15)16)2-6(12)8-9(14)7(13)3-11(4)8/h4-9,12-14H,2-3H2,1H3,(H,15,16)/t4-,5-,6-,7+,8+,9?/m0/s1. The summed E-state index contributed by atoms with van der Waals surface area (Å²) >= 11 is 0. The first-order valence-electron chi connectivity index (χ1n) is 5.46. The normalized spacial score (nSPS) is 49.0. The van der Waals surface area contributed by atoms with Crippen LogP contribution in [0.2, 0.25) is 0 Å². The number of rotatable bonds is 1. The van der Waals surface area contributed by atoms with E-state index in [0.29, 0.717) is 0 Å². The van der Waals surface area contributed by atoms with Gasteiger partial charge in [-0.2, -0.15) is 0 Å². The summed E-state index contributed by atoms with van der Waals surface area (Å²) in [7, 11) is 0. The van der Waals surface area contributed by atoms with Gasteiger partial charge in [-0.25, -0.2) is 0 Å². The van der Waals surface area contributed by atoms with E-state index < -0.39 is 36.2 Å². The zero-order valence-electron chi connectivity index (χ0n) is 9.02. The molecule has 16 heavy (non-hydrogen) atoms. The Hall–Kier alpha value is -0.690. The maximum atomic E-state index is 11.0. The molecular weight excluding hydrogens is 214 g/mol. The molecule has 0 aliphatic carbocycles. The number of fused-ring (bicyclic) bond motifs is 1. The van der Waals surface area contributed by atoms with Gasteiger partial charge in [0.1, 0.15) is 0 Å². The van der Waals surface area contributed by atoms with Crippen molar-refractivity contribution in [2.24, 2.45) is 5.92 Å². The highest BCUT2D eigenvalue weighted by Crippen LogP contribution is 2.35. The van der Waals surface area contributed by atoms with E-state index in [1.54, 1.807) is 11.8 Å². The highest BCUT2D eigenvalue weighted by Gasteiger charge is 2.52. The monoisotopic (exact) mass is 231 g/mol. The van der Waals surface area contributed by atoms with Gasteiger partial charge in [0.2, 0.25) is 0 Å². The molecule has 1 unspecified atom stereocenters. The first-order chi connectivity index (χ1) is 7.43. The van der Waals surface area contributed by atoms with Crippen molar-refractivity contribution in [3.8, 4) is 0 Å². The Balaban J connectivity index is 2.22. The van der Waals surface area contributed by atoms with Crippen molar-refractivity contribution >= 4 is 5.97 Å². The minimum Gasteiger partial charge on any atom is -0.481 e. The molecule has 0 aromatic heterocycles. The molecule has 2 fully saturated rings. The number of piperidine rings is 1. The second-order valence-electron chi connectivity index (χ2n) is 4.73. The molecule has 0 aromatic rings. The Kier molecular flexibility index (Phi) is 2.91. The molecule has 4 N–H and O–H groups in total. The second-order valence-corrected chi connectivity index (χ2v) is 4.73. The van der Waals surface area contributed by atoms with Crippen LogP contribution in [-0.2, 0) is 4.79 Å². The summed E-state index contributed by atoms with van der Waals surface area (Å²) in [5.41, 5.74) is 0. The van der Waals surface area contributed by atoms with Gasteiger partial charge in [-0.1, -0.05) is 0 Å². The third kappa shape index (κ3) is 1.62. The fourth-order valence-electron chi connectivity index (χ4n) is 2.89. The average Bonchev–Trinajstić information content (AvgIpc) is 2.50. The van der Waals surface area contributed by atoms with Crippen LogP contribution >= 0.6 is 0 Å². The molecular formula is C10H17NO5. The van der Waals surface area contributed by atoms with E-state index in [-0.39, 0.29) is 19.0 Å². The molecule has 2 aliphatic heterocycles. The van der Waals surface area contributed by atoms with Crippen LogP contribution in [0.1, 0.15) is 13.3 Å². The van der Waals surface area contributed by atoms with Crippen LogP contribution < -0.4 is 0 Å². The predicted molar refractivity (Wildman–Crippen MR) is 53.7 cm³/mol. The number of carboxylic acids is 1. The van der Waals surface area contributed by atoms with E-state index in [1.807, 2.05) is 0 Å². The first kappa shape index (κ1) is 11.8. The van der Waals surface area contributed by atoms with Crippen molar-refractivity contribution in [2.45, 2.75) is 43.7 Å². The Morgan fingerprint density at radius 2 is 1.88 bits per heavy atom. The van der Waals surface area contributed by atoms with Gasteiger partial charge in [-0.3, -0.25) is 9.69 Å². The van der Waals surface area contributed by atoms with E-state index in [9.17, 15) is 20.1 Å². The molecule has 0 spiro atoms. The predicted octanol–water partition coefficient (Wildman–Crippen LogP) is -1.75. The van der Waals surface area contributed by atoms with Crippen LogP contribution in [0.3, 0.4) is 0 Å². The first-order valence-corrected chi connectivity index (χ1v) is 5.46. The Morgan fingerprint density at radius 3 is 2.44 bits per heavy atom. The van der Waals surface area contributed by atoms with Crippen LogP contribution in [0, 0.1) is 5.92 Å². The van der Waals surface area contributed by atoms with Gasteiger partial charge in [-0.05, 0) is 13.3 Å². The summed E-state index contributed by atoms with van der Waals surface area (Å²) < 4.78 is 0. The topological polar surface area (TPSA) is 101 Å². The Labute approximate surface area is 93.1 Å². The molecule has 2 heterocycles. The van der Waals surface area contributed by atoms with Crippen molar-refractivity contribution < 1.29 is 25.2 Å². The van der Waals surface area contributed by atoms with Gasteiger partial charge in [0.25, 0.3) is 0 Å². The van der Waals surface area contributed by atoms with Crippen LogP contribution in [0.25, 0.3) is 0 Å². The summed E-state index contributed by atoms with van der Waals surface area (Å²) in [5, 5.41) is 38.1. The fraction of sp³-hybridized carbons (Fsp3) is 0.900. The van der Waals surface area contributed by atoms with Gasteiger partial charge in [0.05, 0.1) is 30.3 Å². The van der Waals surface area contributed by atoms with E-state index in [4.69, 9.17) is 5.11 Å². The number of aliphatic hydroxyl groups is 3. The SMILES string of the molecule is C[C@H]1[C@@H](C(=O)O)C[C@H](O)[C@@H]2C(O)[C@H](O)CN12. The molecule has 2 saturated heterocycles. The minimum absolute atomic E-state index is 0.126. The molecule has 0 aromatic carbocycles. The summed E-state index contributed by atoms with van der Waals surface area (Å²) in [6.07, 6.45) is -2.67. The Morgan fingerprint density at radius 1 is 1.25 bits per heavy atom. The molecule has 2 aliphatic rings. The average molecular weight is 231 g/mol. The number of aliphatic hydroxyl groups excluding tert-OH is 3. The number of hydrogen-bond donors (Lipinski definition) is 4.